The molecule has 0 fully saturated rings. The van der Waals surface area contributed by atoms with Crippen molar-refractivity contribution in [1.29, 1.82) is 0 Å². The molecule has 0 N–H and O–H groups in total. The maximum Gasteiger partial charge on any atom is 0.0714 e. The summed E-state index contributed by atoms with van der Waals surface area (Å²) in [5.41, 5.74) is 14.6. The smallest absolute Gasteiger partial charge is 0.0714 e. The predicted octanol–water partition coefficient (Wildman–Crippen LogP) is 15.5. The minimum Gasteiger partial charge on any atom is -0.310 e. The Balaban J connectivity index is 1.18. The van der Waals surface area contributed by atoms with Crippen LogP contribution in [0.3, 0.4) is 0 Å². The summed E-state index contributed by atoms with van der Waals surface area (Å²) in [6.45, 7) is 0. The van der Waals surface area contributed by atoms with Crippen LogP contribution in [0.5, 0.6) is 0 Å². The number of benzene rings is 10. The third-order valence-electron chi connectivity index (χ3n) is 13.3. The van der Waals surface area contributed by atoms with Gasteiger partial charge < -0.3 is 4.90 Å². The molecule has 10 aromatic rings. The van der Waals surface area contributed by atoms with Gasteiger partial charge in [0.05, 0.1) is 16.3 Å². The highest BCUT2D eigenvalue weighted by atomic mass is 15.1. The second-order valence-corrected chi connectivity index (χ2v) is 16.4. The molecular weight excluding hydrogens is 759 g/mol. The van der Waals surface area contributed by atoms with Crippen molar-refractivity contribution in [2.75, 3.05) is 4.90 Å². The first-order valence-corrected chi connectivity index (χ1v) is 21.6. The van der Waals surface area contributed by atoms with Crippen LogP contribution < -0.4 is 4.90 Å². The minimum absolute atomic E-state index is 0.0971. The first-order valence-electron chi connectivity index (χ1n) is 23.6. The van der Waals surface area contributed by atoms with Gasteiger partial charge in [-0.2, -0.15) is 0 Å². The van der Waals surface area contributed by atoms with Gasteiger partial charge in [0.25, 0.3) is 0 Å². The molecule has 1 heteroatoms. The van der Waals surface area contributed by atoms with E-state index in [9.17, 15) is 5.48 Å². The summed E-state index contributed by atoms with van der Waals surface area (Å²) in [5, 5.41) is 0. The quantitative estimate of drug-likeness (QED) is 0.148. The zero-order valence-corrected chi connectivity index (χ0v) is 34.5. The summed E-state index contributed by atoms with van der Waals surface area (Å²) in [5.74, 6) is 0. The summed E-state index contributed by atoms with van der Waals surface area (Å²) in [4.78, 5) is 1.98. The maximum absolute atomic E-state index is 9.93. The predicted molar refractivity (Wildman–Crippen MR) is 261 cm³/mol. The monoisotopic (exact) mass is 805 g/mol. The zero-order valence-electron chi connectivity index (χ0n) is 38.5. The van der Waals surface area contributed by atoms with Crippen LogP contribution in [0.25, 0.3) is 33.4 Å². The van der Waals surface area contributed by atoms with Crippen LogP contribution in [-0.2, 0) is 10.8 Å². The molecule has 0 heterocycles. The van der Waals surface area contributed by atoms with Gasteiger partial charge in [-0.1, -0.05) is 224 Å². The molecule has 0 saturated heterocycles. The molecule has 0 aromatic heterocycles. The summed E-state index contributed by atoms with van der Waals surface area (Å²) in [7, 11) is 0. The molecule has 0 unspecified atom stereocenters. The molecule has 0 amide bonds. The van der Waals surface area contributed by atoms with Crippen molar-refractivity contribution in [2.24, 2.45) is 0 Å². The average molecular weight is 806 g/mol. The lowest BCUT2D eigenvalue weighted by Gasteiger charge is -2.36. The van der Waals surface area contributed by atoms with E-state index in [1.165, 1.54) is 11.1 Å². The lowest BCUT2D eigenvalue weighted by Crippen LogP contribution is -2.29. The molecule has 12 rings (SSSR count). The van der Waals surface area contributed by atoms with Crippen molar-refractivity contribution in [3.63, 3.8) is 0 Å². The maximum atomic E-state index is 9.93. The van der Waals surface area contributed by atoms with E-state index in [0.29, 0.717) is 5.56 Å². The van der Waals surface area contributed by atoms with Gasteiger partial charge in [0.15, 0.2) is 0 Å². The normalized spacial score (nSPS) is 14.5. The van der Waals surface area contributed by atoms with Gasteiger partial charge in [-0.3, -0.25) is 0 Å². The second kappa shape index (κ2) is 14.9. The van der Waals surface area contributed by atoms with E-state index < -0.39 is 10.8 Å². The summed E-state index contributed by atoms with van der Waals surface area (Å²) in [6.07, 6.45) is 0. The Bertz CT molecular complexity index is 3210. The third kappa shape index (κ3) is 5.56. The van der Waals surface area contributed by atoms with E-state index in [0.717, 1.165) is 67.0 Å². The van der Waals surface area contributed by atoms with Crippen molar-refractivity contribution >= 4 is 17.1 Å². The largest absolute Gasteiger partial charge is 0.310 e. The molecule has 10 aromatic carbocycles. The van der Waals surface area contributed by atoms with E-state index in [4.69, 9.17) is 0 Å². The molecule has 1 nitrogen and oxygen atoms in total. The van der Waals surface area contributed by atoms with E-state index in [1.54, 1.807) is 0 Å². The number of hydrogen-bond donors (Lipinski definition) is 0. The molecule has 0 spiro atoms. The van der Waals surface area contributed by atoms with Gasteiger partial charge in [-0.05, 0) is 114 Å². The lowest BCUT2D eigenvalue weighted by atomic mass is 9.67. The molecule has 296 valence electrons. The first kappa shape index (κ1) is 32.7. The van der Waals surface area contributed by atoms with Crippen molar-refractivity contribution in [2.45, 2.75) is 10.8 Å². The standard InChI is InChI=1S/C62H43N/c1-6-20-44(21-7-1)45-34-36-50(37-35-45)63(51-38-40-55-53-30-16-18-32-57(53)61(59(55)42-51,46-22-8-2-9-23-46)47-24-10-3-11-25-47)52-39-41-56-54-31-17-19-33-58(54)62(60(56)43-52,48-26-12-4-13-27-48)49-28-14-5-15-29-49/h1-43H/i34D,35D,36D,37D. The number of fused-ring (bicyclic) bond motifs is 6. The van der Waals surface area contributed by atoms with Crippen molar-refractivity contribution in [3.05, 3.63) is 305 Å². The van der Waals surface area contributed by atoms with Gasteiger partial charge in [0, 0.05) is 17.1 Å². The number of hydrogen-bond acceptors (Lipinski definition) is 1. The van der Waals surface area contributed by atoms with Gasteiger partial charge in [0.1, 0.15) is 0 Å². The number of rotatable bonds is 8. The molecule has 2 aliphatic rings. The first-order chi connectivity index (χ1) is 32.9. The summed E-state index contributed by atoms with van der Waals surface area (Å²) in [6, 6.07) is 81.9. The van der Waals surface area contributed by atoms with Crippen LogP contribution in [0, 0.1) is 0 Å². The van der Waals surface area contributed by atoms with Crippen molar-refractivity contribution in [3.8, 4) is 33.4 Å². The topological polar surface area (TPSA) is 3.24 Å². The fourth-order valence-corrected chi connectivity index (χ4v) is 10.7. The molecule has 0 aliphatic heterocycles. The van der Waals surface area contributed by atoms with Gasteiger partial charge in [-0.15, -0.1) is 0 Å². The molecule has 0 bridgehead atoms. The summed E-state index contributed by atoms with van der Waals surface area (Å²) >= 11 is 0. The molecule has 2 aliphatic carbocycles. The minimum atomic E-state index is -0.711. The van der Waals surface area contributed by atoms with Crippen LogP contribution in [0.15, 0.2) is 261 Å². The van der Waals surface area contributed by atoms with E-state index >= 15 is 0 Å². The fraction of sp³-hybridized carbons (Fsp3) is 0.0323. The van der Waals surface area contributed by atoms with E-state index in [1.807, 2.05) is 35.2 Å². The van der Waals surface area contributed by atoms with E-state index in [-0.39, 0.29) is 35.4 Å². The SMILES string of the molecule is [2H]c1c([2H])c(N(c2ccc3c(c2)C(c2ccccc2)(c2ccccc2)c2ccccc2-3)c2ccc3c(c2)C(c2ccccc2)(c2ccccc2)c2ccccc2-3)c([2H])c([2H])c1-c1ccccc1. The Labute approximate surface area is 375 Å². The van der Waals surface area contributed by atoms with Crippen LogP contribution in [0.2, 0.25) is 0 Å². The molecule has 0 atom stereocenters. The van der Waals surface area contributed by atoms with Crippen molar-refractivity contribution in [1.82, 2.24) is 0 Å². The average Bonchev–Trinajstić information content (AvgIpc) is 3.86. The van der Waals surface area contributed by atoms with Gasteiger partial charge in [0.2, 0.25) is 0 Å². The van der Waals surface area contributed by atoms with Crippen LogP contribution >= 0.6 is 0 Å². The highest BCUT2D eigenvalue weighted by Gasteiger charge is 2.48. The summed E-state index contributed by atoms with van der Waals surface area (Å²) < 4.78 is 39.1. The number of anilines is 3. The molecular formula is C62H43N. The Hall–Kier alpha value is -8.00. The Kier molecular flexibility index (Phi) is 7.73. The van der Waals surface area contributed by atoms with Crippen LogP contribution in [0.1, 0.15) is 50.0 Å². The number of nitrogens with zero attached hydrogens (tertiary/aromatic N) is 1. The van der Waals surface area contributed by atoms with Crippen LogP contribution in [-0.4, -0.2) is 0 Å². The molecule has 63 heavy (non-hydrogen) atoms. The highest BCUT2D eigenvalue weighted by molar-refractivity contribution is 5.92. The Morgan fingerprint density at radius 2 is 0.603 bits per heavy atom. The third-order valence-corrected chi connectivity index (χ3v) is 13.3. The Morgan fingerprint density at radius 3 is 1.00 bits per heavy atom. The van der Waals surface area contributed by atoms with Crippen LogP contribution in [0.4, 0.5) is 17.1 Å². The Morgan fingerprint density at radius 1 is 0.270 bits per heavy atom. The van der Waals surface area contributed by atoms with Crippen molar-refractivity contribution < 1.29 is 5.48 Å². The van der Waals surface area contributed by atoms with Gasteiger partial charge >= 0.3 is 0 Å². The zero-order chi connectivity index (χ0) is 45.3. The lowest BCUT2D eigenvalue weighted by molar-refractivity contribution is 0.767. The molecule has 0 radical (unpaired) electrons. The second-order valence-electron chi connectivity index (χ2n) is 16.4. The van der Waals surface area contributed by atoms with E-state index in [2.05, 4.69) is 206 Å². The molecule has 0 saturated carbocycles. The fourth-order valence-electron chi connectivity index (χ4n) is 10.7. The van der Waals surface area contributed by atoms with Gasteiger partial charge in [-0.25, -0.2) is 0 Å². The highest BCUT2D eigenvalue weighted by Crippen LogP contribution is 2.59.